The van der Waals surface area contributed by atoms with Crippen LogP contribution >= 0.6 is 8.07 Å². The van der Waals surface area contributed by atoms with Crippen LogP contribution in [0.25, 0.3) is 0 Å². The largest absolute Gasteiger partial charge is 0.348 e. The normalized spacial score (nSPS) is 30.2. The number of nitriles is 1. The summed E-state index contributed by atoms with van der Waals surface area (Å²) in [7, 11) is -0.101. The van der Waals surface area contributed by atoms with Crippen LogP contribution in [-0.4, -0.2) is 36.0 Å². The first-order valence-electron chi connectivity index (χ1n) is 7.74. The van der Waals surface area contributed by atoms with Crippen LogP contribution in [0.4, 0.5) is 5.69 Å². The number of benzene rings is 1. The zero-order valence-corrected chi connectivity index (χ0v) is 13.3. The summed E-state index contributed by atoms with van der Waals surface area (Å²) in [4.78, 5) is 2.68. The molecule has 3 unspecified atom stereocenters. The van der Waals surface area contributed by atoms with Gasteiger partial charge >= 0.3 is 0 Å². The molecule has 3 nitrogen and oxygen atoms in total. The first-order chi connectivity index (χ1) is 10.8. The van der Waals surface area contributed by atoms with Crippen molar-refractivity contribution in [2.45, 2.75) is 24.9 Å². The predicted molar refractivity (Wildman–Crippen MR) is 90.7 cm³/mol. The molecule has 0 aromatic heterocycles. The molecule has 0 saturated carbocycles. The van der Waals surface area contributed by atoms with E-state index in [4.69, 9.17) is 11.7 Å². The Bertz CT molecular complexity index is 695. The summed E-state index contributed by atoms with van der Waals surface area (Å²) in [5.41, 5.74) is 3.20. The number of anilines is 1. The second-order valence-corrected chi connectivity index (χ2v) is 8.33. The fourth-order valence-electron chi connectivity index (χ4n) is 3.80. The van der Waals surface area contributed by atoms with E-state index in [0.717, 1.165) is 18.5 Å². The van der Waals surface area contributed by atoms with Crippen LogP contribution in [0.1, 0.15) is 18.4 Å². The van der Waals surface area contributed by atoms with Crippen LogP contribution in [0.2, 0.25) is 0 Å². The van der Waals surface area contributed by atoms with Crippen molar-refractivity contribution in [1.29, 1.82) is 5.26 Å². The van der Waals surface area contributed by atoms with Gasteiger partial charge in [0.05, 0.1) is 11.6 Å². The van der Waals surface area contributed by atoms with E-state index in [2.05, 4.69) is 39.8 Å². The molecule has 3 atom stereocenters. The van der Waals surface area contributed by atoms with E-state index < -0.39 is 0 Å². The van der Waals surface area contributed by atoms with Gasteiger partial charge in [-0.05, 0) is 42.7 Å². The number of hydrogen-bond acceptors (Lipinski definition) is 3. The van der Waals surface area contributed by atoms with E-state index in [9.17, 15) is 0 Å². The van der Waals surface area contributed by atoms with Crippen molar-refractivity contribution in [3.63, 3.8) is 0 Å². The molecule has 110 valence electrons. The maximum absolute atomic E-state index is 8.91. The average Bonchev–Trinajstić information content (AvgIpc) is 3.29. The predicted octanol–water partition coefficient (Wildman–Crippen LogP) is 3.14. The van der Waals surface area contributed by atoms with Gasteiger partial charge in [0.25, 0.3) is 0 Å². The summed E-state index contributed by atoms with van der Waals surface area (Å²) in [6.07, 6.45) is 12.6. The van der Waals surface area contributed by atoms with E-state index in [-0.39, 0.29) is 8.07 Å². The summed E-state index contributed by atoms with van der Waals surface area (Å²) >= 11 is 0. The van der Waals surface area contributed by atoms with E-state index in [0.29, 0.717) is 12.1 Å². The second-order valence-electron chi connectivity index (χ2n) is 6.18. The molecule has 3 aliphatic rings. The van der Waals surface area contributed by atoms with Crippen molar-refractivity contribution >= 4 is 13.8 Å². The topological polar surface area (TPSA) is 30.3 Å². The molecule has 1 aromatic carbocycles. The summed E-state index contributed by atoms with van der Waals surface area (Å²) in [6, 6.07) is 11.5. The molecule has 2 fully saturated rings. The van der Waals surface area contributed by atoms with Crippen molar-refractivity contribution in [1.82, 2.24) is 4.90 Å². The molecule has 22 heavy (non-hydrogen) atoms. The Kier molecular flexibility index (Phi) is 3.42. The average molecular weight is 307 g/mol. The maximum atomic E-state index is 8.91. The summed E-state index contributed by atoms with van der Waals surface area (Å²) < 4.78 is 2.57. The lowest BCUT2D eigenvalue weighted by atomic mass is 10.1. The highest BCUT2D eigenvalue weighted by atomic mass is 31.1. The standard InChI is InChI=1S/C18H18N3P/c1-2-14-3-8-17(9-14)20-13-22-12-18(20)11-21(22)16-6-4-15(10-19)5-7-16/h1,4-7,9,17-18H,3,8,11-13H2. The van der Waals surface area contributed by atoms with Crippen LogP contribution in [0.5, 0.6) is 0 Å². The summed E-state index contributed by atoms with van der Waals surface area (Å²) in [5, 5.41) is 8.91. The lowest BCUT2D eigenvalue weighted by Crippen LogP contribution is -2.44. The van der Waals surface area contributed by atoms with Crippen molar-refractivity contribution in [2.75, 3.05) is 23.7 Å². The van der Waals surface area contributed by atoms with Crippen molar-refractivity contribution in [3.05, 3.63) is 41.5 Å². The monoisotopic (exact) mass is 307 g/mol. The first-order valence-corrected chi connectivity index (χ1v) is 9.40. The minimum absolute atomic E-state index is 0.101. The summed E-state index contributed by atoms with van der Waals surface area (Å²) in [5.74, 6) is 2.81. The highest BCUT2D eigenvalue weighted by molar-refractivity contribution is 7.60. The molecule has 1 aliphatic carbocycles. The molecule has 0 N–H and O–H groups in total. The van der Waals surface area contributed by atoms with Gasteiger partial charge in [0.2, 0.25) is 0 Å². The number of rotatable bonds is 2. The van der Waals surface area contributed by atoms with Gasteiger partial charge in [-0.2, -0.15) is 5.26 Å². The molecular weight excluding hydrogens is 289 g/mol. The van der Waals surface area contributed by atoms with Crippen LogP contribution in [0.3, 0.4) is 0 Å². The first kappa shape index (κ1) is 13.8. The van der Waals surface area contributed by atoms with Gasteiger partial charge in [0, 0.05) is 44.8 Å². The Labute approximate surface area is 133 Å². The Morgan fingerprint density at radius 2 is 2.09 bits per heavy atom. The molecule has 4 rings (SSSR count). The number of terminal acetylenes is 1. The fourth-order valence-corrected chi connectivity index (χ4v) is 6.77. The van der Waals surface area contributed by atoms with E-state index >= 15 is 0 Å². The van der Waals surface area contributed by atoms with Crippen molar-refractivity contribution in [3.8, 4) is 18.4 Å². The Hall–Kier alpha value is -1.80. The molecular formula is C18H18N3P. The third-order valence-electron chi connectivity index (χ3n) is 4.95. The quantitative estimate of drug-likeness (QED) is 0.621. The molecule has 2 heterocycles. The lowest BCUT2D eigenvalue weighted by molar-refractivity contribution is 0.221. The van der Waals surface area contributed by atoms with Crippen LogP contribution in [0, 0.1) is 23.7 Å². The van der Waals surface area contributed by atoms with Gasteiger partial charge in [-0.15, -0.1) is 6.42 Å². The Morgan fingerprint density at radius 3 is 2.68 bits per heavy atom. The van der Waals surface area contributed by atoms with Gasteiger partial charge in [-0.3, -0.25) is 4.90 Å². The van der Waals surface area contributed by atoms with Gasteiger partial charge in [-0.25, -0.2) is 0 Å². The third-order valence-corrected chi connectivity index (χ3v) is 7.52. The second kappa shape index (κ2) is 5.44. The lowest BCUT2D eigenvalue weighted by Gasteiger charge is -2.37. The van der Waals surface area contributed by atoms with Gasteiger partial charge in [0.1, 0.15) is 0 Å². The van der Waals surface area contributed by atoms with Crippen LogP contribution < -0.4 is 4.67 Å². The van der Waals surface area contributed by atoms with E-state index in [1.54, 1.807) is 0 Å². The van der Waals surface area contributed by atoms with Crippen molar-refractivity contribution < 1.29 is 0 Å². The number of nitrogens with zero attached hydrogens (tertiary/aromatic N) is 3. The molecule has 0 spiro atoms. The zero-order valence-electron chi connectivity index (χ0n) is 12.4. The third kappa shape index (κ3) is 2.22. The molecule has 1 aromatic rings. The molecule has 0 radical (unpaired) electrons. The van der Waals surface area contributed by atoms with Crippen molar-refractivity contribution in [2.24, 2.45) is 0 Å². The van der Waals surface area contributed by atoms with Crippen LogP contribution in [0.15, 0.2) is 35.9 Å². The SMILES string of the molecule is C#CC1=CC(N2CP3CC2CN3c2ccc(C#N)cc2)CC1. The zero-order chi connectivity index (χ0) is 15.1. The van der Waals surface area contributed by atoms with Gasteiger partial charge in [0.15, 0.2) is 0 Å². The fraction of sp³-hybridized carbons (Fsp3) is 0.389. The van der Waals surface area contributed by atoms with E-state index in [1.165, 1.54) is 30.1 Å². The Balaban J connectivity index is 1.47. The summed E-state index contributed by atoms with van der Waals surface area (Å²) in [6.45, 7) is 1.12. The minimum atomic E-state index is -0.101. The number of allylic oxidation sites excluding steroid dienone is 1. The van der Waals surface area contributed by atoms with E-state index in [1.807, 2.05) is 12.1 Å². The molecule has 2 aliphatic heterocycles. The highest BCUT2D eigenvalue weighted by Crippen LogP contribution is 2.56. The minimum Gasteiger partial charge on any atom is -0.348 e. The molecule has 4 heteroatoms. The smallest absolute Gasteiger partial charge is 0.0991 e. The number of hydrogen-bond donors (Lipinski definition) is 0. The van der Waals surface area contributed by atoms with Gasteiger partial charge < -0.3 is 4.67 Å². The molecule has 0 amide bonds. The molecule has 2 saturated heterocycles. The molecule has 2 bridgehead atoms. The Morgan fingerprint density at radius 1 is 1.27 bits per heavy atom. The maximum Gasteiger partial charge on any atom is 0.0991 e. The van der Waals surface area contributed by atoms with Gasteiger partial charge in [-0.1, -0.05) is 12.0 Å². The van der Waals surface area contributed by atoms with Crippen LogP contribution in [-0.2, 0) is 0 Å². The highest BCUT2D eigenvalue weighted by Gasteiger charge is 2.45. The number of fused-ring (bicyclic) bond motifs is 2.